The lowest BCUT2D eigenvalue weighted by atomic mass is 10.1. The molecule has 1 N–H and O–H groups in total. The SMILES string of the molecule is CCC(Cl)CCCCCCCCC(=O)O. The zero-order valence-electron chi connectivity index (χ0n) is 9.67. The van der Waals surface area contributed by atoms with E-state index in [1.165, 1.54) is 19.3 Å². The quantitative estimate of drug-likeness (QED) is 0.454. The van der Waals surface area contributed by atoms with Crippen molar-refractivity contribution in [2.24, 2.45) is 0 Å². The zero-order chi connectivity index (χ0) is 11.5. The van der Waals surface area contributed by atoms with E-state index in [4.69, 9.17) is 16.7 Å². The molecule has 0 saturated heterocycles. The number of hydrogen-bond acceptors (Lipinski definition) is 1. The van der Waals surface area contributed by atoms with Gasteiger partial charge in [0.05, 0.1) is 0 Å². The minimum absolute atomic E-state index is 0.319. The van der Waals surface area contributed by atoms with Gasteiger partial charge in [-0.05, 0) is 19.3 Å². The highest BCUT2D eigenvalue weighted by atomic mass is 35.5. The molecule has 0 spiro atoms. The molecule has 0 saturated carbocycles. The van der Waals surface area contributed by atoms with Gasteiger partial charge in [0.15, 0.2) is 0 Å². The number of halogens is 1. The number of rotatable bonds is 10. The van der Waals surface area contributed by atoms with Crippen molar-refractivity contribution in [3.63, 3.8) is 0 Å². The molecule has 0 rings (SSSR count). The first-order valence-corrected chi connectivity index (χ1v) is 6.46. The average molecular weight is 235 g/mol. The summed E-state index contributed by atoms with van der Waals surface area (Å²) in [4.78, 5) is 10.2. The summed E-state index contributed by atoms with van der Waals surface area (Å²) in [6.45, 7) is 2.11. The Hall–Kier alpha value is -0.240. The normalized spacial score (nSPS) is 12.7. The van der Waals surface area contributed by atoms with E-state index in [9.17, 15) is 4.79 Å². The van der Waals surface area contributed by atoms with Crippen LogP contribution in [0.15, 0.2) is 0 Å². The van der Waals surface area contributed by atoms with Crippen LogP contribution < -0.4 is 0 Å². The second-order valence-electron chi connectivity index (χ2n) is 4.06. The third-order valence-corrected chi connectivity index (χ3v) is 3.13. The van der Waals surface area contributed by atoms with Gasteiger partial charge in [0.2, 0.25) is 0 Å². The zero-order valence-corrected chi connectivity index (χ0v) is 10.4. The predicted octanol–water partition coefficient (Wildman–Crippen LogP) is 4.21. The van der Waals surface area contributed by atoms with Gasteiger partial charge in [0, 0.05) is 11.8 Å². The third-order valence-electron chi connectivity index (χ3n) is 2.60. The molecule has 3 heteroatoms. The number of aliphatic carboxylic acids is 1. The molecule has 0 aliphatic rings. The van der Waals surface area contributed by atoms with Crippen LogP contribution in [0.2, 0.25) is 0 Å². The molecule has 1 unspecified atom stereocenters. The van der Waals surface area contributed by atoms with E-state index in [1.54, 1.807) is 0 Å². The van der Waals surface area contributed by atoms with Gasteiger partial charge in [-0.2, -0.15) is 0 Å². The monoisotopic (exact) mass is 234 g/mol. The van der Waals surface area contributed by atoms with E-state index in [0.29, 0.717) is 11.8 Å². The molecule has 0 bridgehead atoms. The first kappa shape index (κ1) is 14.8. The van der Waals surface area contributed by atoms with Crippen molar-refractivity contribution in [1.29, 1.82) is 0 Å². The summed E-state index contributed by atoms with van der Waals surface area (Å²) in [6, 6.07) is 0. The summed E-state index contributed by atoms with van der Waals surface area (Å²) in [7, 11) is 0. The lowest BCUT2D eigenvalue weighted by Gasteiger charge is -2.05. The van der Waals surface area contributed by atoms with Crippen LogP contribution in [0.3, 0.4) is 0 Å². The van der Waals surface area contributed by atoms with Crippen LogP contribution in [0.1, 0.15) is 64.7 Å². The topological polar surface area (TPSA) is 37.3 Å². The number of carbonyl (C=O) groups is 1. The van der Waals surface area contributed by atoms with Crippen molar-refractivity contribution in [3.8, 4) is 0 Å². The van der Waals surface area contributed by atoms with Crippen molar-refractivity contribution >= 4 is 17.6 Å². The highest BCUT2D eigenvalue weighted by Gasteiger charge is 2.00. The summed E-state index contributed by atoms with van der Waals surface area (Å²) >= 11 is 6.00. The molecular weight excluding hydrogens is 212 g/mol. The molecule has 90 valence electrons. The Morgan fingerprint density at radius 2 is 1.67 bits per heavy atom. The maximum absolute atomic E-state index is 10.2. The van der Waals surface area contributed by atoms with Gasteiger partial charge in [-0.15, -0.1) is 11.6 Å². The number of hydrogen-bond donors (Lipinski definition) is 1. The van der Waals surface area contributed by atoms with Gasteiger partial charge < -0.3 is 5.11 Å². The maximum Gasteiger partial charge on any atom is 0.303 e. The Balaban J connectivity index is 3.02. The van der Waals surface area contributed by atoms with Crippen molar-refractivity contribution in [2.45, 2.75) is 70.1 Å². The summed E-state index contributed by atoms with van der Waals surface area (Å²) in [6.07, 6.45) is 9.18. The van der Waals surface area contributed by atoms with E-state index in [1.807, 2.05) is 0 Å². The standard InChI is InChI=1S/C12H23ClO2/c1-2-11(13)9-7-5-3-4-6-8-10-12(14)15/h11H,2-10H2,1H3,(H,14,15). The number of alkyl halides is 1. The van der Waals surface area contributed by atoms with Gasteiger partial charge in [0.25, 0.3) is 0 Å². The molecule has 0 radical (unpaired) electrons. The molecule has 0 aromatic heterocycles. The van der Waals surface area contributed by atoms with E-state index in [2.05, 4.69) is 6.92 Å². The van der Waals surface area contributed by atoms with Crippen LogP contribution in [-0.2, 0) is 4.79 Å². The molecule has 15 heavy (non-hydrogen) atoms. The first-order chi connectivity index (χ1) is 7.16. The van der Waals surface area contributed by atoms with Gasteiger partial charge in [-0.25, -0.2) is 0 Å². The highest BCUT2D eigenvalue weighted by molar-refractivity contribution is 6.20. The smallest absolute Gasteiger partial charge is 0.303 e. The van der Waals surface area contributed by atoms with Gasteiger partial charge in [0.1, 0.15) is 0 Å². The molecular formula is C12H23ClO2. The summed E-state index contributed by atoms with van der Waals surface area (Å²) in [5.41, 5.74) is 0. The molecule has 0 fully saturated rings. The Morgan fingerprint density at radius 3 is 2.20 bits per heavy atom. The van der Waals surface area contributed by atoms with Gasteiger partial charge >= 0.3 is 5.97 Å². The fourth-order valence-corrected chi connectivity index (χ4v) is 1.71. The molecule has 0 aliphatic heterocycles. The molecule has 0 aliphatic carbocycles. The van der Waals surface area contributed by atoms with E-state index in [0.717, 1.165) is 32.1 Å². The summed E-state index contributed by atoms with van der Waals surface area (Å²) in [5, 5.41) is 8.77. The largest absolute Gasteiger partial charge is 0.481 e. The van der Waals surface area contributed by atoms with Crippen molar-refractivity contribution < 1.29 is 9.90 Å². The lowest BCUT2D eigenvalue weighted by molar-refractivity contribution is -0.137. The number of unbranched alkanes of at least 4 members (excludes halogenated alkanes) is 5. The second kappa shape index (κ2) is 10.3. The van der Waals surface area contributed by atoms with Crippen LogP contribution in [0, 0.1) is 0 Å². The number of carboxylic acid groups (broad SMARTS) is 1. The molecule has 0 aromatic carbocycles. The first-order valence-electron chi connectivity index (χ1n) is 6.02. The number of carboxylic acids is 1. The average Bonchev–Trinajstić information content (AvgIpc) is 2.21. The Labute approximate surface area is 98.0 Å². The van der Waals surface area contributed by atoms with Crippen LogP contribution in [0.4, 0.5) is 0 Å². The van der Waals surface area contributed by atoms with Crippen LogP contribution >= 0.6 is 11.6 Å². The Kier molecular flexibility index (Phi) is 10.1. The van der Waals surface area contributed by atoms with E-state index >= 15 is 0 Å². The fourth-order valence-electron chi connectivity index (χ4n) is 1.55. The highest BCUT2D eigenvalue weighted by Crippen LogP contribution is 2.14. The van der Waals surface area contributed by atoms with Crippen molar-refractivity contribution in [3.05, 3.63) is 0 Å². The van der Waals surface area contributed by atoms with Crippen molar-refractivity contribution in [2.75, 3.05) is 0 Å². The van der Waals surface area contributed by atoms with Gasteiger partial charge in [-0.1, -0.05) is 39.0 Å². The molecule has 2 nitrogen and oxygen atoms in total. The molecule has 0 amide bonds. The summed E-state index contributed by atoms with van der Waals surface area (Å²) < 4.78 is 0. The van der Waals surface area contributed by atoms with Crippen molar-refractivity contribution in [1.82, 2.24) is 0 Å². The van der Waals surface area contributed by atoms with Crippen LogP contribution in [0.25, 0.3) is 0 Å². The Bertz CT molecular complexity index is 160. The summed E-state index contributed by atoms with van der Waals surface area (Å²) in [5.74, 6) is -0.678. The third kappa shape index (κ3) is 11.7. The Morgan fingerprint density at radius 1 is 1.13 bits per heavy atom. The fraction of sp³-hybridized carbons (Fsp3) is 0.917. The molecule has 0 aromatic rings. The van der Waals surface area contributed by atoms with E-state index < -0.39 is 5.97 Å². The molecule has 0 heterocycles. The lowest BCUT2D eigenvalue weighted by Crippen LogP contribution is -1.95. The minimum Gasteiger partial charge on any atom is -0.481 e. The predicted molar refractivity (Wildman–Crippen MR) is 64.5 cm³/mol. The van der Waals surface area contributed by atoms with Crippen LogP contribution in [-0.4, -0.2) is 16.5 Å². The second-order valence-corrected chi connectivity index (χ2v) is 4.68. The minimum atomic E-state index is -0.678. The van der Waals surface area contributed by atoms with Crippen LogP contribution in [0.5, 0.6) is 0 Å². The van der Waals surface area contributed by atoms with E-state index in [-0.39, 0.29) is 0 Å². The van der Waals surface area contributed by atoms with Gasteiger partial charge in [-0.3, -0.25) is 4.79 Å². The maximum atomic E-state index is 10.2. The molecule has 1 atom stereocenters.